The van der Waals surface area contributed by atoms with Crippen molar-refractivity contribution in [3.05, 3.63) is 58.4 Å². The Bertz CT molecular complexity index is 611. The zero-order chi connectivity index (χ0) is 13.8. The molecule has 0 aliphatic carbocycles. The van der Waals surface area contributed by atoms with Gasteiger partial charge in [-0.1, -0.05) is 11.6 Å². The number of nitrogens with zero attached hydrogens (tertiary/aromatic N) is 1. The van der Waals surface area contributed by atoms with Crippen molar-refractivity contribution in [1.82, 2.24) is 4.98 Å². The number of aromatic nitrogens is 1. The molecule has 0 aliphatic rings. The van der Waals surface area contributed by atoms with E-state index in [1.54, 1.807) is 37.7 Å². The number of carbonyl (C=O) groups excluding carboxylic acids is 1. The standard InChI is InChI=1S/C15H14ClNO2/c1-10-5-12(9-17-8-10)14(18)7-11-6-13(16)3-4-15(11)19-2/h3-6,8-9H,7H2,1-2H3. The summed E-state index contributed by atoms with van der Waals surface area (Å²) in [6.07, 6.45) is 3.54. The fraction of sp³-hybridized carbons (Fsp3) is 0.200. The van der Waals surface area contributed by atoms with Crippen LogP contribution >= 0.6 is 11.6 Å². The lowest BCUT2D eigenvalue weighted by Crippen LogP contribution is -2.05. The molecule has 19 heavy (non-hydrogen) atoms. The van der Waals surface area contributed by atoms with Crippen molar-refractivity contribution in [1.29, 1.82) is 0 Å². The third kappa shape index (κ3) is 3.32. The first-order valence-electron chi connectivity index (χ1n) is 5.87. The van der Waals surface area contributed by atoms with Gasteiger partial charge in [-0.3, -0.25) is 9.78 Å². The number of hydrogen-bond acceptors (Lipinski definition) is 3. The molecular weight excluding hydrogens is 262 g/mol. The normalized spacial score (nSPS) is 10.3. The number of rotatable bonds is 4. The second-order valence-electron chi connectivity index (χ2n) is 4.31. The average Bonchev–Trinajstić information content (AvgIpc) is 2.39. The number of hydrogen-bond donors (Lipinski definition) is 0. The van der Waals surface area contributed by atoms with Crippen molar-refractivity contribution in [2.45, 2.75) is 13.3 Å². The van der Waals surface area contributed by atoms with Crippen LogP contribution in [0.4, 0.5) is 0 Å². The number of carbonyl (C=O) groups is 1. The maximum atomic E-state index is 12.2. The number of methoxy groups -OCH3 is 1. The largest absolute Gasteiger partial charge is 0.496 e. The van der Waals surface area contributed by atoms with E-state index in [-0.39, 0.29) is 12.2 Å². The van der Waals surface area contributed by atoms with E-state index in [1.165, 1.54) is 0 Å². The lowest BCUT2D eigenvalue weighted by Gasteiger charge is -2.08. The fourth-order valence-corrected chi connectivity index (χ4v) is 2.06. The van der Waals surface area contributed by atoms with Crippen molar-refractivity contribution in [3.8, 4) is 5.75 Å². The highest BCUT2D eigenvalue weighted by atomic mass is 35.5. The second kappa shape index (κ2) is 5.85. The van der Waals surface area contributed by atoms with Gasteiger partial charge in [0.25, 0.3) is 0 Å². The van der Waals surface area contributed by atoms with Crippen molar-refractivity contribution in [2.75, 3.05) is 7.11 Å². The van der Waals surface area contributed by atoms with Gasteiger partial charge in [-0.05, 0) is 36.8 Å². The van der Waals surface area contributed by atoms with Gasteiger partial charge < -0.3 is 4.74 Å². The number of Topliss-reactive ketones (excluding diaryl/α,β-unsaturated/α-hetero) is 1. The van der Waals surface area contributed by atoms with Crippen LogP contribution in [0.5, 0.6) is 5.75 Å². The van der Waals surface area contributed by atoms with Crippen LogP contribution in [-0.4, -0.2) is 17.9 Å². The molecule has 0 aliphatic heterocycles. The molecule has 0 bridgehead atoms. The number of pyridine rings is 1. The molecule has 0 saturated heterocycles. The molecule has 0 amide bonds. The van der Waals surface area contributed by atoms with E-state index in [0.29, 0.717) is 16.3 Å². The molecule has 1 heterocycles. The summed E-state index contributed by atoms with van der Waals surface area (Å²) in [6.45, 7) is 1.91. The van der Waals surface area contributed by atoms with Crippen molar-refractivity contribution >= 4 is 17.4 Å². The first-order chi connectivity index (χ1) is 9.10. The molecule has 0 fully saturated rings. The molecule has 0 radical (unpaired) electrons. The minimum absolute atomic E-state index is 0.00299. The Morgan fingerprint density at radius 3 is 2.79 bits per heavy atom. The lowest BCUT2D eigenvalue weighted by atomic mass is 10.0. The minimum atomic E-state index is -0.00299. The summed E-state index contributed by atoms with van der Waals surface area (Å²) in [5.41, 5.74) is 2.34. The smallest absolute Gasteiger partial charge is 0.168 e. The molecule has 4 heteroatoms. The van der Waals surface area contributed by atoms with Crippen molar-refractivity contribution in [3.63, 3.8) is 0 Å². The summed E-state index contributed by atoms with van der Waals surface area (Å²) in [5, 5.41) is 0.589. The maximum absolute atomic E-state index is 12.2. The molecule has 1 aromatic carbocycles. The third-order valence-corrected chi connectivity index (χ3v) is 3.03. The van der Waals surface area contributed by atoms with E-state index < -0.39 is 0 Å². The van der Waals surface area contributed by atoms with Crippen LogP contribution in [0.15, 0.2) is 36.7 Å². The summed E-state index contributed by atoms with van der Waals surface area (Å²) in [4.78, 5) is 16.2. The molecule has 2 aromatic rings. The van der Waals surface area contributed by atoms with E-state index in [1.807, 2.05) is 13.0 Å². The Morgan fingerprint density at radius 2 is 2.11 bits per heavy atom. The van der Waals surface area contributed by atoms with Gasteiger partial charge in [-0.2, -0.15) is 0 Å². The molecule has 1 aromatic heterocycles. The van der Waals surface area contributed by atoms with Gasteiger partial charge in [-0.15, -0.1) is 0 Å². The SMILES string of the molecule is COc1ccc(Cl)cc1CC(=O)c1cncc(C)c1. The zero-order valence-electron chi connectivity index (χ0n) is 10.8. The number of ether oxygens (including phenoxy) is 1. The van der Waals surface area contributed by atoms with Crippen LogP contribution in [0.2, 0.25) is 5.02 Å². The molecule has 2 rings (SSSR count). The number of aryl methyl sites for hydroxylation is 1. The summed E-state index contributed by atoms with van der Waals surface area (Å²) in [6, 6.07) is 7.08. The predicted octanol–water partition coefficient (Wildman–Crippen LogP) is 3.48. The molecule has 0 spiro atoms. The molecule has 0 unspecified atom stereocenters. The Kier molecular flexibility index (Phi) is 4.17. The summed E-state index contributed by atoms with van der Waals surface area (Å²) in [5.74, 6) is 0.662. The Morgan fingerprint density at radius 1 is 1.32 bits per heavy atom. The molecule has 98 valence electrons. The molecular formula is C15H14ClNO2. The number of ketones is 1. The van der Waals surface area contributed by atoms with Crippen LogP contribution in [0.1, 0.15) is 21.5 Å². The van der Waals surface area contributed by atoms with Gasteiger partial charge in [0.1, 0.15) is 5.75 Å². The fourth-order valence-electron chi connectivity index (χ4n) is 1.87. The highest BCUT2D eigenvalue weighted by Crippen LogP contribution is 2.24. The van der Waals surface area contributed by atoms with Gasteiger partial charge in [0.2, 0.25) is 0 Å². The highest BCUT2D eigenvalue weighted by Gasteiger charge is 2.12. The Labute approximate surface area is 117 Å². The first-order valence-corrected chi connectivity index (χ1v) is 6.25. The monoisotopic (exact) mass is 275 g/mol. The van der Waals surface area contributed by atoms with Crippen molar-refractivity contribution in [2.24, 2.45) is 0 Å². The molecule has 3 nitrogen and oxygen atoms in total. The zero-order valence-corrected chi connectivity index (χ0v) is 11.6. The second-order valence-corrected chi connectivity index (χ2v) is 4.74. The number of halogens is 1. The van der Waals surface area contributed by atoms with Crippen LogP contribution < -0.4 is 4.74 Å². The molecule has 0 atom stereocenters. The van der Waals surface area contributed by atoms with Gasteiger partial charge in [0.15, 0.2) is 5.78 Å². The highest BCUT2D eigenvalue weighted by molar-refractivity contribution is 6.30. The summed E-state index contributed by atoms with van der Waals surface area (Å²) >= 11 is 5.95. The summed E-state index contributed by atoms with van der Waals surface area (Å²) < 4.78 is 5.23. The van der Waals surface area contributed by atoms with E-state index in [9.17, 15) is 4.79 Å². The first kappa shape index (κ1) is 13.6. The van der Waals surface area contributed by atoms with Crippen LogP contribution in [0, 0.1) is 6.92 Å². The quantitative estimate of drug-likeness (QED) is 0.802. The Hall–Kier alpha value is -1.87. The molecule has 0 saturated carbocycles. The van der Waals surface area contributed by atoms with E-state index >= 15 is 0 Å². The number of benzene rings is 1. The van der Waals surface area contributed by atoms with Crippen LogP contribution in [-0.2, 0) is 6.42 Å². The van der Waals surface area contributed by atoms with E-state index in [0.717, 1.165) is 11.1 Å². The predicted molar refractivity (Wildman–Crippen MR) is 75.0 cm³/mol. The minimum Gasteiger partial charge on any atom is -0.496 e. The molecule has 0 N–H and O–H groups in total. The topological polar surface area (TPSA) is 39.2 Å². The van der Waals surface area contributed by atoms with Gasteiger partial charge >= 0.3 is 0 Å². The van der Waals surface area contributed by atoms with E-state index in [2.05, 4.69) is 4.98 Å². The lowest BCUT2D eigenvalue weighted by molar-refractivity contribution is 0.0991. The van der Waals surface area contributed by atoms with Gasteiger partial charge in [0, 0.05) is 35.0 Å². The maximum Gasteiger partial charge on any atom is 0.168 e. The van der Waals surface area contributed by atoms with Crippen molar-refractivity contribution < 1.29 is 9.53 Å². The average molecular weight is 276 g/mol. The third-order valence-electron chi connectivity index (χ3n) is 2.79. The van der Waals surface area contributed by atoms with E-state index in [4.69, 9.17) is 16.3 Å². The van der Waals surface area contributed by atoms with Crippen LogP contribution in [0.25, 0.3) is 0 Å². The Balaban J connectivity index is 2.26. The van der Waals surface area contributed by atoms with Gasteiger partial charge in [-0.25, -0.2) is 0 Å². The summed E-state index contributed by atoms with van der Waals surface area (Å²) in [7, 11) is 1.57. The van der Waals surface area contributed by atoms with Crippen LogP contribution in [0.3, 0.4) is 0 Å². The van der Waals surface area contributed by atoms with Gasteiger partial charge in [0.05, 0.1) is 7.11 Å².